The van der Waals surface area contributed by atoms with Crippen LogP contribution in [0.1, 0.15) is 16.7 Å². The first-order valence-corrected chi connectivity index (χ1v) is 15.2. The van der Waals surface area contributed by atoms with Gasteiger partial charge in [-0.25, -0.2) is 8.42 Å². The molecule has 0 radical (unpaired) electrons. The fraction of sp³-hybridized carbons (Fsp3) is 0.188. The van der Waals surface area contributed by atoms with Gasteiger partial charge in [-0.3, -0.25) is 9.59 Å². The number of anilines is 1. The highest BCUT2D eigenvalue weighted by Gasteiger charge is 2.36. The summed E-state index contributed by atoms with van der Waals surface area (Å²) in [4.78, 5) is 28.5. The highest BCUT2D eigenvalue weighted by Crippen LogP contribution is 2.34. The van der Waals surface area contributed by atoms with Crippen LogP contribution in [0.5, 0.6) is 5.75 Å². The van der Waals surface area contributed by atoms with Gasteiger partial charge in [-0.05, 0) is 60.0 Å². The van der Waals surface area contributed by atoms with Crippen LogP contribution in [0.3, 0.4) is 0 Å². The molecule has 0 saturated carbocycles. The zero-order valence-electron chi connectivity index (χ0n) is 22.9. The van der Waals surface area contributed by atoms with Gasteiger partial charge >= 0.3 is 0 Å². The summed E-state index contributed by atoms with van der Waals surface area (Å²) in [6, 6.07) is 29.6. The van der Waals surface area contributed by atoms with Gasteiger partial charge in [0.25, 0.3) is 5.91 Å². The summed E-state index contributed by atoms with van der Waals surface area (Å²) in [7, 11) is -4.10. The van der Waals surface area contributed by atoms with Gasteiger partial charge in [-0.1, -0.05) is 78.3 Å². The maximum Gasteiger partial charge on any atom is 0.263 e. The Hall–Kier alpha value is -4.18. The molecular weight excluding hydrogens is 574 g/mol. The molecule has 1 aliphatic rings. The van der Waals surface area contributed by atoms with E-state index in [1.807, 2.05) is 61.5 Å². The van der Waals surface area contributed by atoms with Crippen LogP contribution >= 0.6 is 11.6 Å². The standard InChI is InChI=1S/C32H30ClN3O5S/c1-23-9-5-6-12-25(23)20-35(42(39,40)27-17-15-26(33)16-18-27)22-31(37)36-21-30(41-29-14-8-7-13-28(29)36)32(38)34-19-24-10-3-2-4-11-24/h2-18,30H,19-22H2,1H3,(H,34,38). The van der Waals surface area contributed by atoms with Crippen molar-refractivity contribution >= 4 is 39.1 Å². The number of hydrogen-bond acceptors (Lipinski definition) is 5. The number of fused-ring (bicyclic) bond motifs is 1. The van der Waals surface area contributed by atoms with Gasteiger partial charge in [0.1, 0.15) is 5.75 Å². The number of aryl methyl sites for hydroxylation is 1. The average molecular weight is 604 g/mol. The number of nitrogens with zero attached hydrogens (tertiary/aromatic N) is 2. The minimum absolute atomic E-state index is 0.0175. The van der Waals surface area contributed by atoms with E-state index in [1.165, 1.54) is 29.2 Å². The van der Waals surface area contributed by atoms with Crippen LogP contribution < -0.4 is 15.0 Å². The Morgan fingerprint density at radius 1 is 0.929 bits per heavy atom. The van der Waals surface area contributed by atoms with Gasteiger partial charge in [0.2, 0.25) is 15.9 Å². The first kappa shape index (κ1) is 29.3. The molecule has 1 unspecified atom stereocenters. The van der Waals surface area contributed by atoms with E-state index in [1.54, 1.807) is 24.3 Å². The third-order valence-electron chi connectivity index (χ3n) is 7.05. The van der Waals surface area contributed by atoms with Gasteiger partial charge in [0, 0.05) is 18.1 Å². The van der Waals surface area contributed by atoms with Crippen LogP contribution in [-0.4, -0.2) is 43.7 Å². The lowest BCUT2D eigenvalue weighted by molar-refractivity contribution is -0.128. The molecule has 0 spiro atoms. The van der Waals surface area contributed by atoms with Crippen LogP contribution in [-0.2, 0) is 32.7 Å². The number of para-hydroxylation sites is 2. The topological polar surface area (TPSA) is 96.0 Å². The van der Waals surface area contributed by atoms with Crippen molar-refractivity contribution in [3.05, 3.63) is 125 Å². The quantitative estimate of drug-likeness (QED) is 0.292. The van der Waals surface area contributed by atoms with Crippen molar-refractivity contribution in [2.75, 3.05) is 18.0 Å². The van der Waals surface area contributed by atoms with E-state index < -0.39 is 28.6 Å². The fourth-order valence-corrected chi connectivity index (χ4v) is 6.19. The van der Waals surface area contributed by atoms with E-state index in [9.17, 15) is 18.0 Å². The Morgan fingerprint density at radius 3 is 2.33 bits per heavy atom. The normalized spacial score (nSPS) is 14.6. The Kier molecular flexibility index (Phi) is 8.91. The van der Waals surface area contributed by atoms with E-state index in [2.05, 4.69) is 5.32 Å². The maximum atomic E-state index is 13.9. The molecule has 5 rings (SSSR count). The monoisotopic (exact) mass is 603 g/mol. The average Bonchev–Trinajstić information content (AvgIpc) is 3.00. The van der Waals surface area contributed by atoms with Crippen LogP contribution in [0, 0.1) is 6.92 Å². The molecule has 0 aromatic heterocycles. The number of sulfonamides is 1. The Morgan fingerprint density at radius 2 is 1.60 bits per heavy atom. The lowest BCUT2D eigenvalue weighted by Gasteiger charge is -2.35. The summed E-state index contributed by atoms with van der Waals surface area (Å²) in [5.74, 6) is -0.502. The Bertz CT molecular complexity index is 1680. The van der Waals surface area contributed by atoms with E-state index in [-0.39, 0.29) is 23.9 Å². The summed E-state index contributed by atoms with van der Waals surface area (Å²) in [5, 5.41) is 3.27. The molecule has 42 heavy (non-hydrogen) atoms. The number of halogens is 1. The molecule has 10 heteroatoms. The smallest absolute Gasteiger partial charge is 0.263 e. The molecule has 2 amide bonds. The molecule has 0 saturated heterocycles. The van der Waals surface area contributed by atoms with Gasteiger partial charge in [0.05, 0.1) is 23.7 Å². The van der Waals surface area contributed by atoms with Gasteiger partial charge in [-0.2, -0.15) is 4.31 Å². The number of hydrogen-bond donors (Lipinski definition) is 1. The summed E-state index contributed by atoms with van der Waals surface area (Å²) >= 11 is 6.01. The molecule has 1 atom stereocenters. The van der Waals surface area contributed by atoms with E-state index in [0.717, 1.165) is 21.0 Å². The molecule has 8 nitrogen and oxygen atoms in total. The minimum atomic E-state index is -4.10. The Labute approximate surface area is 250 Å². The predicted molar refractivity (Wildman–Crippen MR) is 162 cm³/mol. The SMILES string of the molecule is Cc1ccccc1CN(CC(=O)N1CC(C(=O)NCc2ccccc2)Oc2ccccc21)S(=O)(=O)c1ccc(Cl)cc1. The third kappa shape index (κ3) is 6.65. The van der Waals surface area contributed by atoms with Crippen molar-refractivity contribution in [1.29, 1.82) is 0 Å². The number of carbonyl (C=O) groups excluding carboxylic acids is 2. The van der Waals surface area contributed by atoms with Crippen LogP contribution in [0.2, 0.25) is 5.02 Å². The number of ether oxygens (including phenoxy) is 1. The van der Waals surface area contributed by atoms with Crippen LogP contribution in [0.15, 0.2) is 108 Å². The maximum absolute atomic E-state index is 13.9. The highest BCUT2D eigenvalue weighted by atomic mass is 35.5. The second-order valence-corrected chi connectivity index (χ2v) is 12.3. The summed E-state index contributed by atoms with van der Waals surface area (Å²) in [6.45, 7) is 1.65. The van der Waals surface area contributed by atoms with Crippen molar-refractivity contribution in [2.24, 2.45) is 0 Å². The summed E-state index contributed by atoms with van der Waals surface area (Å²) in [6.07, 6.45) is -0.981. The second-order valence-electron chi connectivity index (χ2n) is 9.94. The van der Waals surface area contributed by atoms with Crippen molar-refractivity contribution in [2.45, 2.75) is 31.0 Å². The minimum Gasteiger partial charge on any atom is -0.477 e. The summed E-state index contributed by atoms with van der Waals surface area (Å²) in [5.41, 5.74) is 3.06. The van der Waals surface area contributed by atoms with Crippen molar-refractivity contribution in [1.82, 2.24) is 9.62 Å². The lowest BCUT2D eigenvalue weighted by atomic mass is 10.1. The van der Waals surface area contributed by atoms with Crippen molar-refractivity contribution in [3.63, 3.8) is 0 Å². The van der Waals surface area contributed by atoms with E-state index in [4.69, 9.17) is 16.3 Å². The largest absolute Gasteiger partial charge is 0.477 e. The number of carbonyl (C=O) groups is 2. The van der Waals surface area contributed by atoms with E-state index in [0.29, 0.717) is 23.0 Å². The highest BCUT2D eigenvalue weighted by molar-refractivity contribution is 7.89. The number of amides is 2. The molecule has 216 valence electrons. The first-order chi connectivity index (χ1) is 20.2. The molecule has 1 aliphatic heterocycles. The van der Waals surface area contributed by atoms with Crippen LogP contribution in [0.25, 0.3) is 0 Å². The van der Waals surface area contributed by atoms with Crippen LogP contribution in [0.4, 0.5) is 5.69 Å². The molecule has 4 aromatic rings. The molecular formula is C32H30ClN3O5S. The predicted octanol–water partition coefficient (Wildman–Crippen LogP) is 4.95. The van der Waals surface area contributed by atoms with Gasteiger partial charge in [0.15, 0.2) is 6.10 Å². The molecule has 0 bridgehead atoms. The lowest BCUT2D eigenvalue weighted by Crippen LogP contribution is -2.52. The number of nitrogens with one attached hydrogen (secondary N) is 1. The first-order valence-electron chi connectivity index (χ1n) is 13.4. The van der Waals surface area contributed by atoms with Gasteiger partial charge < -0.3 is 15.0 Å². The summed E-state index contributed by atoms with van der Waals surface area (Å²) < 4.78 is 34.8. The molecule has 1 N–H and O–H groups in total. The zero-order chi connectivity index (χ0) is 29.7. The fourth-order valence-electron chi connectivity index (χ4n) is 4.70. The molecule has 0 aliphatic carbocycles. The van der Waals surface area contributed by atoms with Crippen molar-refractivity contribution in [3.8, 4) is 5.75 Å². The van der Waals surface area contributed by atoms with Gasteiger partial charge in [-0.15, -0.1) is 0 Å². The zero-order valence-corrected chi connectivity index (χ0v) is 24.5. The number of rotatable bonds is 9. The van der Waals surface area contributed by atoms with E-state index >= 15 is 0 Å². The van der Waals surface area contributed by atoms with Crippen molar-refractivity contribution < 1.29 is 22.7 Å². The molecule has 0 fully saturated rings. The third-order valence-corrected chi connectivity index (χ3v) is 9.11. The molecule has 1 heterocycles. The molecule has 4 aromatic carbocycles. The second kappa shape index (κ2) is 12.8. The Balaban J connectivity index is 1.41. The number of benzene rings is 4.